The molecule has 0 aliphatic carbocycles. The van der Waals surface area contributed by atoms with Crippen LogP contribution in [0.15, 0.2) is 182 Å². The Labute approximate surface area is 279 Å². The van der Waals surface area contributed by atoms with E-state index in [1.165, 1.54) is 55.3 Å². The first-order valence-corrected chi connectivity index (χ1v) is 16.3. The summed E-state index contributed by atoms with van der Waals surface area (Å²) in [6, 6.07) is 62.9. The number of aromatic nitrogens is 2. The van der Waals surface area contributed by atoms with Gasteiger partial charge in [-0.25, -0.2) is 4.98 Å². The molecule has 2 aromatic heterocycles. The zero-order valence-corrected chi connectivity index (χ0v) is 26.2. The van der Waals surface area contributed by atoms with Crippen LogP contribution in [0.1, 0.15) is 0 Å². The Morgan fingerprint density at radius 2 is 0.833 bits per heavy atom. The van der Waals surface area contributed by atoms with Crippen LogP contribution in [-0.4, -0.2) is 9.97 Å². The Hall–Kier alpha value is -6.38. The maximum absolute atomic E-state index is 5.18. The smallest absolute Gasteiger partial charge is 0.0972 e. The second-order valence-electron chi connectivity index (χ2n) is 12.2. The summed E-state index contributed by atoms with van der Waals surface area (Å²) in [5.74, 6) is 0. The van der Waals surface area contributed by atoms with Gasteiger partial charge in [0.15, 0.2) is 0 Å². The lowest BCUT2D eigenvalue weighted by molar-refractivity contribution is 1.37. The third-order valence-electron chi connectivity index (χ3n) is 9.29. The molecule has 0 saturated carbocycles. The van der Waals surface area contributed by atoms with Crippen molar-refractivity contribution in [3.05, 3.63) is 182 Å². The van der Waals surface area contributed by atoms with Gasteiger partial charge in [-0.1, -0.05) is 140 Å². The lowest BCUT2D eigenvalue weighted by Gasteiger charge is -2.14. The van der Waals surface area contributed by atoms with Gasteiger partial charge in [0.2, 0.25) is 0 Å². The molecular formula is C46H30N2. The van der Waals surface area contributed by atoms with Crippen LogP contribution in [0, 0.1) is 0 Å². The minimum absolute atomic E-state index is 0.930. The molecule has 7 aromatic carbocycles. The highest BCUT2D eigenvalue weighted by atomic mass is 14.8. The van der Waals surface area contributed by atoms with E-state index in [0.29, 0.717) is 0 Å². The maximum atomic E-state index is 5.18. The lowest BCUT2D eigenvalue weighted by atomic mass is 9.90. The van der Waals surface area contributed by atoms with Crippen molar-refractivity contribution in [2.75, 3.05) is 0 Å². The van der Waals surface area contributed by atoms with Gasteiger partial charge in [-0.05, 0) is 91.7 Å². The number of rotatable bonds is 5. The molecular weight excluding hydrogens is 581 g/mol. The Morgan fingerprint density at radius 3 is 1.54 bits per heavy atom. The van der Waals surface area contributed by atoms with Crippen molar-refractivity contribution in [2.24, 2.45) is 0 Å². The van der Waals surface area contributed by atoms with Crippen molar-refractivity contribution in [2.45, 2.75) is 0 Å². The molecule has 2 nitrogen and oxygen atoms in total. The summed E-state index contributed by atoms with van der Waals surface area (Å²) in [5.41, 5.74) is 13.5. The first-order chi connectivity index (χ1) is 23.8. The largest absolute Gasteiger partial charge is 0.254 e. The molecule has 9 rings (SSSR count). The van der Waals surface area contributed by atoms with Crippen LogP contribution >= 0.6 is 0 Å². The van der Waals surface area contributed by atoms with Crippen molar-refractivity contribution in [1.82, 2.24) is 9.97 Å². The summed E-state index contributed by atoms with van der Waals surface area (Å²) < 4.78 is 0. The van der Waals surface area contributed by atoms with Gasteiger partial charge in [0.05, 0.1) is 16.7 Å². The van der Waals surface area contributed by atoms with E-state index >= 15 is 0 Å². The fraction of sp³-hybridized carbons (Fsp3) is 0. The topological polar surface area (TPSA) is 25.8 Å². The van der Waals surface area contributed by atoms with Gasteiger partial charge in [0.1, 0.15) is 0 Å². The fourth-order valence-electron chi connectivity index (χ4n) is 6.90. The second kappa shape index (κ2) is 11.8. The zero-order valence-electron chi connectivity index (χ0n) is 26.2. The monoisotopic (exact) mass is 610 g/mol. The highest BCUT2D eigenvalue weighted by Crippen LogP contribution is 2.39. The van der Waals surface area contributed by atoms with E-state index in [1.807, 2.05) is 12.3 Å². The number of hydrogen-bond acceptors (Lipinski definition) is 2. The zero-order chi connectivity index (χ0) is 31.9. The average Bonchev–Trinajstić information content (AvgIpc) is 3.18. The number of pyridine rings is 2. The summed E-state index contributed by atoms with van der Waals surface area (Å²) >= 11 is 0. The van der Waals surface area contributed by atoms with E-state index < -0.39 is 0 Å². The van der Waals surface area contributed by atoms with Crippen LogP contribution in [-0.2, 0) is 0 Å². The molecule has 9 aromatic rings. The number of nitrogens with zero attached hydrogens (tertiary/aromatic N) is 2. The second-order valence-corrected chi connectivity index (χ2v) is 12.2. The minimum Gasteiger partial charge on any atom is -0.254 e. The summed E-state index contributed by atoms with van der Waals surface area (Å²) in [7, 11) is 0. The molecule has 0 atom stereocenters. The number of benzene rings is 7. The predicted molar refractivity (Wildman–Crippen MR) is 202 cm³/mol. The Morgan fingerprint density at radius 1 is 0.312 bits per heavy atom. The molecule has 0 bridgehead atoms. The highest BCUT2D eigenvalue weighted by molar-refractivity contribution is 6.07. The van der Waals surface area contributed by atoms with Crippen LogP contribution in [0.25, 0.3) is 88.3 Å². The Balaban J connectivity index is 1.17. The van der Waals surface area contributed by atoms with E-state index in [4.69, 9.17) is 4.98 Å². The molecule has 0 aliphatic rings. The molecule has 2 heterocycles. The molecule has 0 aliphatic heterocycles. The van der Waals surface area contributed by atoms with Gasteiger partial charge in [-0.3, -0.25) is 4.98 Å². The summed E-state index contributed by atoms with van der Waals surface area (Å²) in [5, 5.41) is 4.57. The maximum Gasteiger partial charge on any atom is 0.0972 e. The van der Waals surface area contributed by atoms with Gasteiger partial charge in [0.25, 0.3) is 0 Å². The highest BCUT2D eigenvalue weighted by Gasteiger charge is 2.14. The molecule has 48 heavy (non-hydrogen) atoms. The summed E-state index contributed by atoms with van der Waals surface area (Å²) in [6.07, 6.45) is 1.84. The first-order valence-electron chi connectivity index (χ1n) is 16.3. The molecule has 0 amide bonds. The van der Waals surface area contributed by atoms with Crippen molar-refractivity contribution >= 4 is 32.6 Å². The van der Waals surface area contributed by atoms with Crippen LogP contribution in [0.2, 0.25) is 0 Å². The van der Waals surface area contributed by atoms with Gasteiger partial charge in [-0.15, -0.1) is 0 Å². The molecule has 0 radical (unpaired) electrons. The van der Waals surface area contributed by atoms with Crippen LogP contribution in [0.3, 0.4) is 0 Å². The van der Waals surface area contributed by atoms with Crippen LogP contribution in [0.4, 0.5) is 0 Å². The van der Waals surface area contributed by atoms with Gasteiger partial charge in [-0.2, -0.15) is 0 Å². The standard InChI is InChI=1S/C46H30N2/c1-3-11-31(12-4-1)37-28-38(32-13-5-2-6-14-32)30-39(29-37)35-15-9-16-36(27-35)40-23-24-43(42-19-8-7-18-41(40)42)44-25-22-34-21-20-33-17-10-26-47-45(33)46(34)48-44/h1-30H. The molecule has 2 heteroatoms. The van der Waals surface area contributed by atoms with Crippen LogP contribution < -0.4 is 0 Å². The first kappa shape index (κ1) is 27.9. The third-order valence-corrected chi connectivity index (χ3v) is 9.29. The molecule has 0 saturated heterocycles. The molecule has 224 valence electrons. The van der Waals surface area contributed by atoms with E-state index in [2.05, 4.69) is 175 Å². The molecule has 0 unspecified atom stereocenters. The van der Waals surface area contributed by atoms with Crippen molar-refractivity contribution in [3.63, 3.8) is 0 Å². The van der Waals surface area contributed by atoms with Crippen molar-refractivity contribution < 1.29 is 0 Å². The van der Waals surface area contributed by atoms with Crippen molar-refractivity contribution in [1.29, 1.82) is 0 Å². The predicted octanol–water partition coefficient (Wildman–Crippen LogP) is 12.3. The number of hydrogen-bond donors (Lipinski definition) is 0. The Bertz CT molecular complexity index is 2550. The molecule has 0 N–H and O–H groups in total. The average molecular weight is 611 g/mol. The van der Waals surface area contributed by atoms with Gasteiger partial charge >= 0.3 is 0 Å². The Kier molecular flexibility index (Phi) is 6.84. The van der Waals surface area contributed by atoms with Crippen LogP contribution in [0.5, 0.6) is 0 Å². The van der Waals surface area contributed by atoms with E-state index in [9.17, 15) is 0 Å². The van der Waals surface area contributed by atoms with Gasteiger partial charge in [0, 0.05) is 22.5 Å². The lowest BCUT2D eigenvalue weighted by Crippen LogP contribution is -1.91. The van der Waals surface area contributed by atoms with Crippen molar-refractivity contribution in [3.8, 4) is 55.8 Å². The summed E-state index contributed by atoms with van der Waals surface area (Å²) in [4.78, 5) is 9.86. The normalized spacial score (nSPS) is 11.3. The fourth-order valence-corrected chi connectivity index (χ4v) is 6.90. The van der Waals surface area contributed by atoms with E-state index in [1.54, 1.807) is 0 Å². The van der Waals surface area contributed by atoms with Gasteiger partial charge < -0.3 is 0 Å². The molecule has 0 fully saturated rings. The quantitative estimate of drug-likeness (QED) is 0.181. The SMILES string of the molecule is c1ccc(-c2cc(-c3ccccc3)cc(-c3cccc(-c4ccc(-c5ccc6ccc7cccnc7c6n5)c5ccccc45)c3)c2)cc1. The number of fused-ring (bicyclic) bond motifs is 4. The molecule has 0 spiro atoms. The third kappa shape index (κ3) is 5.01. The summed E-state index contributed by atoms with van der Waals surface area (Å²) in [6.45, 7) is 0. The van der Waals surface area contributed by atoms with E-state index in [-0.39, 0.29) is 0 Å². The minimum atomic E-state index is 0.930. The van der Waals surface area contributed by atoms with E-state index in [0.717, 1.165) is 33.1 Å².